The van der Waals surface area contributed by atoms with Crippen LogP contribution in [0.15, 0.2) is 36.4 Å². The first-order valence-electron chi connectivity index (χ1n) is 9.58. The van der Waals surface area contributed by atoms with Crippen molar-refractivity contribution in [2.45, 2.75) is 25.4 Å². The van der Waals surface area contributed by atoms with Crippen molar-refractivity contribution in [2.75, 3.05) is 46.8 Å². The average molecular weight is 386 g/mol. The first-order valence-corrected chi connectivity index (χ1v) is 9.58. The van der Waals surface area contributed by atoms with Gasteiger partial charge < -0.3 is 24.3 Å². The normalized spacial score (nSPS) is 17.1. The lowest BCUT2D eigenvalue weighted by Crippen LogP contribution is -2.41. The predicted molar refractivity (Wildman–Crippen MR) is 111 cm³/mol. The van der Waals surface area contributed by atoms with Crippen LogP contribution in [0.4, 0.5) is 5.69 Å². The molecule has 6 heteroatoms. The van der Waals surface area contributed by atoms with Crippen LogP contribution in [0.1, 0.15) is 18.4 Å². The molecule has 28 heavy (non-hydrogen) atoms. The molecule has 1 unspecified atom stereocenters. The smallest absolute Gasteiger partial charge is 0.164 e. The number of ether oxygens (including phenoxy) is 4. The Balaban J connectivity index is 1.67. The number of nitrogens with one attached hydrogen (secondary N) is 1. The van der Waals surface area contributed by atoms with Gasteiger partial charge in [-0.1, -0.05) is 0 Å². The van der Waals surface area contributed by atoms with Crippen molar-refractivity contribution in [3.05, 3.63) is 42.0 Å². The summed E-state index contributed by atoms with van der Waals surface area (Å²) in [6.45, 7) is 2.85. The van der Waals surface area contributed by atoms with Crippen LogP contribution in [0.5, 0.6) is 23.0 Å². The third-order valence-electron chi connectivity index (χ3n) is 5.15. The minimum atomic E-state index is 0.410. The number of methoxy groups -OCH3 is 4. The highest BCUT2D eigenvalue weighted by Crippen LogP contribution is 2.35. The Labute approximate surface area is 167 Å². The molecule has 0 saturated carbocycles. The lowest BCUT2D eigenvalue weighted by molar-refractivity contribution is 0.205. The van der Waals surface area contributed by atoms with Crippen LogP contribution in [-0.4, -0.2) is 52.5 Å². The summed E-state index contributed by atoms with van der Waals surface area (Å²) in [5.74, 6) is 3.10. The van der Waals surface area contributed by atoms with Gasteiger partial charge in [0.2, 0.25) is 0 Å². The maximum atomic E-state index is 5.58. The van der Waals surface area contributed by atoms with E-state index in [4.69, 9.17) is 18.9 Å². The molecular formula is C22H30N2O4. The van der Waals surface area contributed by atoms with Crippen molar-refractivity contribution in [1.82, 2.24) is 4.90 Å². The van der Waals surface area contributed by atoms with Crippen molar-refractivity contribution >= 4 is 5.69 Å². The molecule has 1 fully saturated rings. The van der Waals surface area contributed by atoms with Gasteiger partial charge in [-0.3, -0.25) is 4.90 Å². The number of anilines is 1. The topological polar surface area (TPSA) is 52.2 Å². The maximum absolute atomic E-state index is 5.58. The second-order valence-corrected chi connectivity index (χ2v) is 6.97. The van der Waals surface area contributed by atoms with E-state index in [-0.39, 0.29) is 0 Å². The molecule has 1 N–H and O–H groups in total. The van der Waals surface area contributed by atoms with Gasteiger partial charge >= 0.3 is 0 Å². The number of hydrogen-bond acceptors (Lipinski definition) is 6. The van der Waals surface area contributed by atoms with Gasteiger partial charge in [-0.15, -0.1) is 0 Å². The fourth-order valence-corrected chi connectivity index (χ4v) is 3.70. The largest absolute Gasteiger partial charge is 0.497 e. The quantitative estimate of drug-likeness (QED) is 0.745. The fourth-order valence-electron chi connectivity index (χ4n) is 3.70. The number of piperidine rings is 1. The van der Waals surface area contributed by atoms with Crippen LogP contribution in [0, 0.1) is 0 Å². The second-order valence-electron chi connectivity index (χ2n) is 6.97. The molecule has 0 aromatic heterocycles. The number of rotatable bonds is 8. The summed E-state index contributed by atoms with van der Waals surface area (Å²) in [4.78, 5) is 2.45. The minimum Gasteiger partial charge on any atom is -0.497 e. The summed E-state index contributed by atoms with van der Waals surface area (Å²) in [5, 5.41) is 3.64. The van der Waals surface area contributed by atoms with E-state index in [9.17, 15) is 0 Å². The molecule has 0 bridgehead atoms. The molecule has 3 rings (SSSR count). The summed E-state index contributed by atoms with van der Waals surface area (Å²) in [6.07, 6.45) is 2.31. The predicted octanol–water partition coefficient (Wildman–Crippen LogP) is 3.80. The Kier molecular flexibility index (Phi) is 6.87. The Morgan fingerprint density at radius 2 is 1.57 bits per heavy atom. The molecular weight excluding hydrogens is 356 g/mol. The Hall–Kier alpha value is -2.60. The lowest BCUT2D eigenvalue weighted by Gasteiger charge is -2.34. The van der Waals surface area contributed by atoms with Gasteiger partial charge in [-0.2, -0.15) is 0 Å². The van der Waals surface area contributed by atoms with E-state index >= 15 is 0 Å². The summed E-state index contributed by atoms with van der Waals surface area (Å²) in [7, 11) is 6.67. The van der Waals surface area contributed by atoms with Crippen molar-refractivity contribution in [1.29, 1.82) is 0 Å². The highest BCUT2D eigenvalue weighted by molar-refractivity contribution is 5.51. The van der Waals surface area contributed by atoms with Gasteiger partial charge in [-0.05, 0) is 49.7 Å². The van der Waals surface area contributed by atoms with Gasteiger partial charge in [0.05, 0.1) is 28.4 Å². The third-order valence-corrected chi connectivity index (χ3v) is 5.15. The molecule has 1 atom stereocenters. The summed E-state index contributed by atoms with van der Waals surface area (Å²) < 4.78 is 21.7. The third kappa shape index (κ3) is 4.81. The van der Waals surface area contributed by atoms with E-state index < -0.39 is 0 Å². The van der Waals surface area contributed by atoms with E-state index in [1.807, 2.05) is 24.3 Å². The first kappa shape index (κ1) is 20.1. The number of benzene rings is 2. The SMILES string of the molecule is COc1ccc(NC2CCCN(Cc3cc(OC)c(OC)cc3OC)C2)cc1. The van der Waals surface area contributed by atoms with Crippen LogP contribution in [0.3, 0.4) is 0 Å². The molecule has 1 aliphatic heterocycles. The molecule has 1 saturated heterocycles. The highest BCUT2D eigenvalue weighted by atomic mass is 16.5. The molecule has 6 nitrogen and oxygen atoms in total. The summed E-state index contributed by atoms with van der Waals surface area (Å²) >= 11 is 0. The van der Waals surface area contributed by atoms with Crippen molar-refractivity contribution in [2.24, 2.45) is 0 Å². The fraction of sp³-hybridized carbons (Fsp3) is 0.455. The molecule has 1 heterocycles. The number of likely N-dealkylation sites (tertiary alicyclic amines) is 1. The van der Waals surface area contributed by atoms with E-state index in [1.165, 1.54) is 0 Å². The summed E-state index contributed by atoms with van der Waals surface area (Å²) in [6, 6.07) is 12.4. The molecule has 152 valence electrons. The van der Waals surface area contributed by atoms with E-state index in [1.54, 1.807) is 28.4 Å². The van der Waals surface area contributed by atoms with Crippen LogP contribution in [-0.2, 0) is 6.54 Å². The van der Waals surface area contributed by atoms with E-state index in [0.717, 1.165) is 61.0 Å². The van der Waals surface area contributed by atoms with Crippen LogP contribution in [0.2, 0.25) is 0 Å². The molecule has 2 aromatic carbocycles. The zero-order valence-corrected chi connectivity index (χ0v) is 17.2. The zero-order valence-electron chi connectivity index (χ0n) is 17.2. The van der Waals surface area contributed by atoms with Crippen molar-refractivity contribution in [3.8, 4) is 23.0 Å². The first-order chi connectivity index (χ1) is 13.7. The lowest BCUT2D eigenvalue weighted by atomic mass is 10.0. The summed E-state index contributed by atoms with van der Waals surface area (Å²) in [5.41, 5.74) is 2.22. The van der Waals surface area contributed by atoms with Crippen molar-refractivity contribution < 1.29 is 18.9 Å². The van der Waals surface area contributed by atoms with Gasteiger partial charge in [0, 0.05) is 36.4 Å². The highest BCUT2D eigenvalue weighted by Gasteiger charge is 2.22. The van der Waals surface area contributed by atoms with Crippen LogP contribution in [0.25, 0.3) is 0 Å². The Bertz CT molecular complexity index is 764. The average Bonchev–Trinajstić information content (AvgIpc) is 2.74. The zero-order chi connectivity index (χ0) is 19.9. The van der Waals surface area contributed by atoms with Crippen LogP contribution < -0.4 is 24.3 Å². The van der Waals surface area contributed by atoms with E-state index in [2.05, 4.69) is 22.3 Å². The molecule has 0 aliphatic carbocycles. The molecule has 1 aliphatic rings. The number of nitrogens with zero attached hydrogens (tertiary/aromatic N) is 1. The van der Waals surface area contributed by atoms with Gasteiger partial charge in [0.1, 0.15) is 11.5 Å². The van der Waals surface area contributed by atoms with Gasteiger partial charge in [0.15, 0.2) is 11.5 Å². The molecule has 0 amide bonds. The Morgan fingerprint density at radius 1 is 0.893 bits per heavy atom. The monoisotopic (exact) mass is 386 g/mol. The van der Waals surface area contributed by atoms with E-state index in [0.29, 0.717) is 11.8 Å². The van der Waals surface area contributed by atoms with Gasteiger partial charge in [0.25, 0.3) is 0 Å². The second kappa shape index (κ2) is 9.55. The molecule has 0 radical (unpaired) electrons. The van der Waals surface area contributed by atoms with Gasteiger partial charge in [-0.25, -0.2) is 0 Å². The Morgan fingerprint density at radius 3 is 2.21 bits per heavy atom. The van der Waals surface area contributed by atoms with Crippen molar-refractivity contribution in [3.63, 3.8) is 0 Å². The maximum Gasteiger partial charge on any atom is 0.164 e. The van der Waals surface area contributed by atoms with Crippen LogP contribution >= 0.6 is 0 Å². The minimum absolute atomic E-state index is 0.410. The molecule has 2 aromatic rings. The molecule has 0 spiro atoms. The number of hydrogen-bond donors (Lipinski definition) is 1. The standard InChI is InChI=1S/C22H30N2O4/c1-25-19-9-7-17(8-10-19)23-18-6-5-11-24(15-18)14-16-12-21(27-3)22(28-4)13-20(16)26-2/h7-10,12-13,18,23H,5-6,11,14-15H2,1-4H3.